The Morgan fingerprint density at radius 3 is 2.83 bits per heavy atom. The van der Waals surface area contributed by atoms with Crippen LogP contribution >= 0.6 is 0 Å². The van der Waals surface area contributed by atoms with Crippen molar-refractivity contribution in [1.82, 2.24) is 15.6 Å². The largest absolute Gasteiger partial charge is 0.433 e. The first-order chi connectivity index (χ1) is 14.6. The van der Waals surface area contributed by atoms with Crippen molar-refractivity contribution >= 4 is 22.5 Å². The predicted molar refractivity (Wildman–Crippen MR) is 115 cm³/mol. The number of benzene rings is 2. The average Bonchev–Trinajstić information content (AvgIpc) is 3.37. The maximum Gasteiger partial charge on any atom is 0.387 e. The van der Waals surface area contributed by atoms with Crippen LogP contribution in [0, 0.1) is 0 Å². The van der Waals surface area contributed by atoms with Gasteiger partial charge in [-0.25, -0.2) is 0 Å². The minimum Gasteiger partial charge on any atom is -0.433 e. The molecule has 3 N–H and O–H groups in total. The van der Waals surface area contributed by atoms with Crippen LogP contribution < -0.4 is 20.3 Å². The van der Waals surface area contributed by atoms with Crippen LogP contribution in [0.2, 0.25) is 0 Å². The molecular formula is C22H25F2N5O. The number of rotatable bonds is 6. The number of guanidine groups is 1. The molecule has 0 saturated carbocycles. The average molecular weight is 413 g/mol. The third-order valence-electron chi connectivity index (χ3n) is 5.21. The maximum atomic E-state index is 12.7. The maximum absolute atomic E-state index is 12.7. The number of aliphatic imine (C=N–C) groups is 1. The van der Waals surface area contributed by atoms with E-state index in [4.69, 9.17) is 0 Å². The normalized spacial score (nSPS) is 17.0. The van der Waals surface area contributed by atoms with Gasteiger partial charge < -0.3 is 25.3 Å². The van der Waals surface area contributed by atoms with Crippen LogP contribution in [-0.4, -0.2) is 43.7 Å². The van der Waals surface area contributed by atoms with Gasteiger partial charge in [-0.15, -0.1) is 0 Å². The number of anilines is 1. The van der Waals surface area contributed by atoms with E-state index in [1.54, 1.807) is 19.2 Å². The molecule has 0 bridgehead atoms. The lowest BCUT2D eigenvalue weighted by molar-refractivity contribution is -0.0495. The minimum absolute atomic E-state index is 0.151. The van der Waals surface area contributed by atoms with E-state index in [0.29, 0.717) is 24.7 Å². The highest BCUT2D eigenvalue weighted by molar-refractivity contribution is 5.82. The number of nitrogens with one attached hydrogen (secondary N) is 3. The number of hydrogen-bond donors (Lipinski definition) is 3. The van der Waals surface area contributed by atoms with E-state index >= 15 is 0 Å². The number of aromatic nitrogens is 1. The number of nitrogens with zero attached hydrogens (tertiary/aromatic N) is 2. The van der Waals surface area contributed by atoms with Crippen molar-refractivity contribution < 1.29 is 13.5 Å². The van der Waals surface area contributed by atoms with Crippen LogP contribution in [0.3, 0.4) is 0 Å². The molecule has 2 aromatic carbocycles. The van der Waals surface area contributed by atoms with Crippen LogP contribution in [0.15, 0.2) is 59.6 Å². The molecule has 30 heavy (non-hydrogen) atoms. The molecule has 0 amide bonds. The molecule has 1 saturated heterocycles. The third-order valence-corrected chi connectivity index (χ3v) is 5.21. The smallest absolute Gasteiger partial charge is 0.387 e. The van der Waals surface area contributed by atoms with Gasteiger partial charge in [-0.2, -0.15) is 8.78 Å². The Morgan fingerprint density at radius 1 is 1.23 bits per heavy atom. The molecule has 6 nitrogen and oxygen atoms in total. The van der Waals surface area contributed by atoms with Crippen molar-refractivity contribution in [1.29, 1.82) is 0 Å². The second kappa shape index (κ2) is 9.02. The highest BCUT2D eigenvalue weighted by Crippen LogP contribution is 2.31. The number of fused-ring (bicyclic) bond motifs is 1. The zero-order valence-corrected chi connectivity index (χ0v) is 16.7. The van der Waals surface area contributed by atoms with Crippen LogP contribution in [-0.2, 0) is 6.54 Å². The van der Waals surface area contributed by atoms with Gasteiger partial charge in [-0.05, 0) is 36.1 Å². The number of hydrogen-bond acceptors (Lipinski definition) is 3. The second-order valence-corrected chi connectivity index (χ2v) is 7.23. The first kappa shape index (κ1) is 20.0. The zero-order chi connectivity index (χ0) is 20.9. The van der Waals surface area contributed by atoms with Gasteiger partial charge in [0.05, 0.1) is 12.2 Å². The van der Waals surface area contributed by atoms with Crippen molar-refractivity contribution in [2.45, 2.75) is 25.6 Å². The first-order valence-electron chi connectivity index (χ1n) is 9.95. The van der Waals surface area contributed by atoms with E-state index in [1.807, 2.05) is 24.3 Å². The van der Waals surface area contributed by atoms with Crippen LogP contribution in [0.5, 0.6) is 5.75 Å². The van der Waals surface area contributed by atoms with Gasteiger partial charge in [0.25, 0.3) is 0 Å². The van der Waals surface area contributed by atoms with Crippen molar-refractivity contribution in [2.75, 3.05) is 25.0 Å². The summed E-state index contributed by atoms with van der Waals surface area (Å²) in [7, 11) is 1.74. The van der Waals surface area contributed by atoms with E-state index in [-0.39, 0.29) is 11.8 Å². The van der Waals surface area contributed by atoms with Gasteiger partial charge in [0.15, 0.2) is 5.96 Å². The Morgan fingerprint density at radius 2 is 2.03 bits per heavy atom. The molecule has 4 rings (SSSR count). The molecule has 8 heteroatoms. The van der Waals surface area contributed by atoms with Gasteiger partial charge >= 0.3 is 6.61 Å². The molecule has 1 aliphatic heterocycles. The summed E-state index contributed by atoms with van der Waals surface area (Å²) in [5.74, 6) is 0.909. The summed E-state index contributed by atoms with van der Waals surface area (Å²) in [5, 5.41) is 7.93. The van der Waals surface area contributed by atoms with Crippen LogP contribution in [0.1, 0.15) is 12.1 Å². The summed E-state index contributed by atoms with van der Waals surface area (Å²) < 4.78 is 30.1. The highest BCUT2D eigenvalue weighted by Gasteiger charge is 2.26. The molecule has 0 radical (unpaired) electrons. The lowest BCUT2D eigenvalue weighted by atomic mass is 10.2. The molecular weight excluding hydrogens is 388 g/mol. The Hall–Kier alpha value is -3.29. The van der Waals surface area contributed by atoms with Gasteiger partial charge in [0.2, 0.25) is 0 Å². The summed E-state index contributed by atoms with van der Waals surface area (Å²) in [5.41, 5.74) is 2.86. The van der Waals surface area contributed by atoms with Gasteiger partial charge in [-0.3, -0.25) is 4.99 Å². The molecule has 1 unspecified atom stereocenters. The van der Waals surface area contributed by atoms with Gasteiger partial charge in [0, 0.05) is 37.4 Å². The third kappa shape index (κ3) is 4.64. The Kier molecular flexibility index (Phi) is 6.02. The molecule has 3 aromatic rings. The number of H-pyrrole nitrogens is 1. The summed E-state index contributed by atoms with van der Waals surface area (Å²) in [6.07, 6.45) is 0.871. The first-order valence-corrected chi connectivity index (χ1v) is 9.95. The van der Waals surface area contributed by atoms with E-state index in [1.165, 1.54) is 5.39 Å². The molecule has 1 atom stereocenters. The summed E-state index contributed by atoms with van der Waals surface area (Å²) >= 11 is 0. The molecule has 1 aromatic heterocycles. The summed E-state index contributed by atoms with van der Waals surface area (Å²) in [4.78, 5) is 9.76. The van der Waals surface area contributed by atoms with Crippen molar-refractivity contribution in [3.63, 3.8) is 0 Å². The topological polar surface area (TPSA) is 64.7 Å². The number of alkyl halides is 2. The molecule has 2 heterocycles. The molecule has 1 aliphatic rings. The Bertz CT molecular complexity index is 986. The standard InChI is InChI=1S/C22H25F2N5O/c1-25-22(26-13-17-12-15-6-2-3-7-18(15)27-17)28-16-10-11-29(14-16)19-8-4-5-9-20(19)30-21(23)24/h2-9,12,16,21,27H,10-11,13-14H2,1H3,(H2,25,26,28). The monoisotopic (exact) mass is 413 g/mol. The minimum atomic E-state index is -2.84. The molecule has 1 fully saturated rings. The highest BCUT2D eigenvalue weighted by atomic mass is 19.3. The van der Waals surface area contributed by atoms with Crippen LogP contribution in [0.4, 0.5) is 14.5 Å². The van der Waals surface area contributed by atoms with Gasteiger partial charge in [0.1, 0.15) is 5.75 Å². The quantitative estimate of drug-likeness (QED) is 0.426. The Balaban J connectivity index is 1.34. The van der Waals surface area contributed by atoms with Crippen molar-refractivity contribution in [3.8, 4) is 5.75 Å². The number of aromatic amines is 1. The SMILES string of the molecule is CN=C(NCc1cc2ccccc2[nH]1)NC1CCN(c2ccccc2OC(F)F)C1. The van der Waals surface area contributed by atoms with E-state index in [0.717, 1.165) is 24.2 Å². The summed E-state index contributed by atoms with van der Waals surface area (Å²) in [6, 6.07) is 17.3. The lowest BCUT2D eigenvalue weighted by Crippen LogP contribution is -2.44. The zero-order valence-electron chi connectivity index (χ0n) is 16.7. The van der Waals surface area contributed by atoms with Gasteiger partial charge in [-0.1, -0.05) is 30.3 Å². The van der Waals surface area contributed by atoms with Crippen molar-refractivity contribution in [3.05, 3.63) is 60.3 Å². The summed E-state index contributed by atoms with van der Waals surface area (Å²) in [6.45, 7) is -0.789. The number of ether oxygens (including phenoxy) is 1. The van der Waals surface area contributed by atoms with Crippen molar-refractivity contribution in [2.24, 2.45) is 4.99 Å². The Labute approximate surface area is 173 Å². The second-order valence-electron chi connectivity index (χ2n) is 7.23. The van der Waals surface area contributed by atoms with E-state index < -0.39 is 6.61 Å². The van der Waals surface area contributed by atoms with Crippen LogP contribution in [0.25, 0.3) is 10.9 Å². The van der Waals surface area contributed by atoms with E-state index in [2.05, 4.69) is 48.4 Å². The molecule has 158 valence electrons. The predicted octanol–water partition coefficient (Wildman–Crippen LogP) is 3.71. The molecule has 0 spiro atoms. The number of para-hydroxylation sites is 3. The molecule has 0 aliphatic carbocycles. The lowest BCUT2D eigenvalue weighted by Gasteiger charge is -2.22. The fourth-order valence-corrected chi connectivity index (χ4v) is 3.81. The fraction of sp³-hybridized carbons (Fsp3) is 0.318. The number of halogens is 2. The fourth-order valence-electron chi connectivity index (χ4n) is 3.81. The van der Waals surface area contributed by atoms with E-state index in [9.17, 15) is 8.78 Å².